The Balaban J connectivity index is 2.58. The van der Waals surface area contributed by atoms with Gasteiger partial charge in [-0.15, -0.1) is 0 Å². The highest BCUT2D eigenvalue weighted by molar-refractivity contribution is 5.14. The lowest BCUT2D eigenvalue weighted by atomic mass is 10.0. The first-order chi connectivity index (χ1) is 6.27. The van der Waals surface area contributed by atoms with E-state index in [4.69, 9.17) is 10.3 Å². The Labute approximate surface area is 78.6 Å². The number of nitrogens with one attached hydrogen (secondary N) is 1. The van der Waals surface area contributed by atoms with Crippen molar-refractivity contribution in [1.82, 2.24) is 5.43 Å². The van der Waals surface area contributed by atoms with E-state index in [1.165, 1.54) is 5.57 Å². The van der Waals surface area contributed by atoms with Crippen molar-refractivity contribution >= 4 is 0 Å². The van der Waals surface area contributed by atoms with Gasteiger partial charge in [0.25, 0.3) is 0 Å². The first-order valence-corrected chi connectivity index (χ1v) is 4.42. The average Bonchev–Trinajstić information content (AvgIpc) is 2.66. The van der Waals surface area contributed by atoms with Crippen LogP contribution in [0, 0.1) is 0 Å². The maximum Gasteiger partial charge on any atom is 0.0950 e. The SMILES string of the molecule is C=C(CC)CC(NN)c1ccoc1. The monoisotopic (exact) mass is 180 g/mol. The Hall–Kier alpha value is -1.06. The molecule has 1 heterocycles. The molecule has 0 aliphatic heterocycles. The normalized spacial score (nSPS) is 12.8. The van der Waals surface area contributed by atoms with E-state index in [1.54, 1.807) is 12.5 Å². The van der Waals surface area contributed by atoms with Crippen LogP contribution in [0.3, 0.4) is 0 Å². The summed E-state index contributed by atoms with van der Waals surface area (Å²) in [5, 5.41) is 0. The molecule has 0 aliphatic carbocycles. The molecule has 1 aromatic rings. The minimum Gasteiger partial charge on any atom is -0.472 e. The molecule has 0 aromatic carbocycles. The van der Waals surface area contributed by atoms with Gasteiger partial charge in [0.2, 0.25) is 0 Å². The number of hydrazine groups is 1. The van der Waals surface area contributed by atoms with Crippen molar-refractivity contribution in [2.24, 2.45) is 5.84 Å². The second-order valence-electron chi connectivity index (χ2n) is 3.08. The van der Waals surface area contributed by atoms with Crippen LogP contribution in [0.1, 0.15) is 31.4 Å². The Kier molecular flexibility index (Phi) is 3.73. The Bertz CT molecular complexity index is 254. The van der Waals surface area contributed by atoms with Crippen molar-refractivity contribution in [3.8, 4) is 0 Å². The van der Waals surface area contributed by atoms with Crippen LogP contribution in [-0.4, -0.2) is 0 Å². The Morgan fingerprint density at radius 2 is 2.54 bits per heavy atom. The molecule has 0 saturated heterocycles. The van der Waals surface area contributed by atoms with Crippen LogP contribution in [0.2, 0.25) is 0 Å². The van der Waals surface area contributed by atoms with Gasteiger partial charge in [-0.1, -0.05) is 19.1 Å². The second kappa shape index (κ2) is 4.84. The summed E-state index contributed by atoms with van der Waals surface area (Å²) in [5.74, 6) is 5.43. The maximum atomic E-state index is 5.43. The third kappa shape index (κ3) is 2.72. The van der Waals surface area contributed by atoms with Crippen molar-refractivity contribution in [2.45, 2.75) is 25.8 Å². The molecule has 13 heavy (non-hydrogen) atoms. The maximum absolute atomic E-state index is 5.43. The number of hydrogen-bond acceptors (Lipinski definition) is 3. The first kappa shape index (κ1) is 10.0. The van der Waals surface area contributed by atoms with Gasteiger partial charge in [-0.05, 0) is 18.9 Å². The quantitative estimate of drug-likeness (QED) is 0.414. The van der Waals surface area contributed by atoms with Gasteiger partial charge in [0.05, 0.1) is 18.6 Å². The molecular formula is C10H16N2O. The molecule has 0 saturated carbocycles. The van der Waals surface area contributed by atoms with E-state index >= 15 is 0 Å². The predicted molar refractivity (Wildman–Crippen MR) is 52.8 cm³/mol. The summed E-state index contributed by atoms with van der Waals surface area (Å²) in [6, 6.07) is 2.03. The minimum absolute atomic E-state index is 0.117. The fourth-order valence-corrected chi connectivity index (χ4v) is 1.18. The molecule has 1 atom stereocenters. The van der Waals surface area contributed by atoms with E-state index in [2.05, 4.69) is 18.9 Å². The zero-order valence-corrected chi connectivity index (χ0v) is 7.92. The second-order valence-corrected chi connectivity index (χ2v) is 3.08. The van der Waals surface area contributed by atoms with E-state index in [0.29, 0.717) is 0 Å². The fraction of sp³-hybridized carbons (Fsp3) is 0.400. The zero-order valence-electron chi connectivity index (χ0n) is 7.92. The number of hydrogen-bond donors (Lipinski definition) is 2. The molecule has 3 nitrogen and oxygen atoms in total. The van der Waals surface area contributed by atoms with E-state index in [0.717, 1.165) is 18.4 Å². The van der Waals surface area contributed by atoms with Crippen LogP contribution in [0.15, 0.2) is 35.2 Å². The van der Waals surface area contributed by atoms with Gasteiger partial charge in [-0.3, -0.25) is 11.3 Å². The number of nitrogens with two attached hydrogens (primary N) is 1. The highest BCUT2D eigenvalue weighted by Crippen LogP contribution is 2.20. The summed E-state index contributed by atoms with van der Waals surface area (Å²) in [4.78, 5) is 0. The molecule has 1 rings (SSSR count). The van der Waals surface area contributed by atoms with Gasteiger partial charge in [-0.25, -0.2) is 0 Å². The van der Waals surface area contributed by atoms with Gasteiger partial charge in [0, 0.05) is 5.56 Å². The number of furan rings is 1. The smallest absolute Gasteiger partial charge is 0.0950 e. The van der Waals surface area contributed by atoms with Gasteiger partial charge in [0.15, 0.2) is 0 Å². The molecule has 0 aliphatic rings. The molecule has 1 unspecified atom stereocenters. The summed E-state index contributed by atoms with van der Waals surface area (Å²) in [6.07, 6.45) is 5.18. The first-order valence-electron chi connectivity index (χ1n) is 4.42. The predicted octanol–water partition coefficient (Wildman–Crippen LogP) is 2.14. The van der Waals surface area contributed by atoms with Crippen LogP contribution in [0.4, 0.5) is 0 Å². The van der Waals surface area contributed by atoms with Crippen LogP contribution in [0.25, 0.3) is 0 Å². The van der Waals surface area contributed by atoms with E-state index in [9.17, 15) is 0 Å². The summed E-state index contributed by atoms with van der Waals surface area (Å²) in [5.41, 5.74) is 5.00. The summed E-state index contributed by atoms with van der Waals surface area (Å²) in [6.45, 7) is 6.03. The van der Waals surface area contributed by atoms with E-state index in [1.807, 2.05) is 6.07 Å². The largest absolute Gasteiger partial charge is 0.472 e. The van der Waals surface area contributed by atoms with Crippen molar-refractivity contribution in [3.05, 3.63) is 36.3 Å². The Morgan fingerprint density at radius 1 is 1.77 bits per heavy atom. The molecule has 0 radical (unpaired) electrons. The fourth-order valence-electron chi connectivity index (χ4n) is 1.18. The molecule has 72 valence electrons. The third-order valence-corrected chi connectivity index (χ3v) is 2.14. The molecule has 0 amide bonds. The minimum atomic E-state index is 0.117. The van der Waals surface area contributed by atoms with Gasteiger partial charge in [0.1, 0.15) is 0 Å². The van der Waals surface area contributed by atoms with E-state index in [-0.39, 0.29) is 6.04 Å². The lowest BCUT2D eigenvalue weighted by molar-refractivity contribution is 0.521. The molecule has 0 bridgehead atoms. The van der Waals surface area contributed by atoms with Crippen molar-refractivity contribution in [3.63, 3.8) is 0 Å². The van der Waals surface area contributed by atoms with E-state index < -0.39 is 0 Å². The summed E-state index contributed by atoms with van der Waals surface area (Å²) >= 11 is 0. The van der Waals surface area contributed by atoms with Crippen LogP contribution in [-0.2, 0) is 0 Å². The summed E-state index contributed by atoms with van der Waals surface area (Å²) < 4.78 is 4.99. The van der Waals surface area contributed by atoms with Crippen LogP contribution < -0.4 is 11.3 Å². The molecule has 0 spiro atoms. The van der Waals surface area contributed by atoms with Crippen LogP contribution >= 0.6 is 0 Å². The molecule has 3 heteroatoms. The molecule has 1 aromatic heterocycles. The Morgan fingerprint density at radius 3 is 3.00 bits per heavy atom. The lowest BCUT2D eigenvalue weighted by Crippen LogP contribution is -2.27. The molecular weight excluding hydrogens is 164 g/mol. The number of rotatable bonds is 5. The van der Waals surface area contributed by atoms with Crippen LogP contribution in [0.5, 0.6) is 0 Å². The average molecular weight is 180 g/mol. The summed E-state index contributed by atoms with van der Waals surface area (Å²) in [7, 11) is 0. The highest BCUT2D eigenvalue weighted by Gasteiger charge is 2.10. The lowest BCUT2D eigenvalue weighted by Gasteiger charge is -2.14. The van der Waals surface area contributed by atoms with Gasteiger partial charge in [-0.2, -0.15) is 0 Å². The van der Waals surface area contributed by atoms with Gasteiger partial charge < -0.3 is 4.42 Å². The highest BCUT2D eigenvalue weighted by atomic mass is 16.3. The third-order valence-electron chi connectivity index (χ3n) is 2.14. The van der Waals surface area contributed by atoms with Crippen molar-refractivity contribution in [1.29, 1.82) is 0 Å². The molecule has 0 fully saturated rings. The van der Waals surface area contributed by atoms with Crippen molar-refractivity contribution < 1.29 is 4.42 Å². The van der Waals surface area contributed by atoms with Crippen molar-refractivity contribution in [2.75, 3.05) is 0 Å². The van der Waals surface area contributed by atoms with Gasteiger partial charge >= 0.3 is 0 Å². The topological polar surface area (TPSA) is 51.2 Å². The zero-order chi connectivity index (χ0) is 9.68. The standard InChI is InChI=1S/C10H16N2O/c1-3-8(2)6-10(12-11)9-4-5-13-7-9/h4-5,7,10,12H,2-3,6,11H2,1H3. The molecule has 3 N–H and O–H groups in total.